The van der Waals surface area contributed by atoms with E-state index in [4.69, 9.17) is 4.74 Å². The highest BCUT2D eigenvalue weighted by molar-refractivity contribution is 5.49. The molecule has 1 fully saturated rings. The largest absolute Gasteiger partial charge is 0.508 e. The second-order valence-electron chi connectivity index (χ2n) is 7.07. The van der Waals surface area contributed by atoms with Gasteiger partial charge >= 0.3 is 0 Å². The maximum absolute atomic E-state index is 10.3. The maximum atomic E-state index is 10.3. The highest BCUT2D eigenvalue weighted by Crippen LogP contribution is 2.63. The highest BCUT2D eigenvalue weighted by Gasteiger charge is 2.70. The van der Waals surface area contributed by atoms with Crippen molar-refractivity contribution in [3.8, 4) is 5.75 Å². The number of aromatic hydroxyl groups is 1. The van der Waals surface area contributed by atoms with Crippen LogP contribution in [0.2, 0.25) is 0 Å². The Labute approximate surface area is 155 Å². The van der Waals surface area contributed by atoms with Gasteiger partial charge in [-0.2, -0.15) is 0 Å². The van der Waals surface area contributed by atoms with Crippen LogP contribution in [0.1, 0.15) is 36.5 Å². The molecule has 1 atom stereocenters. The van der Waals surface area contributed by atoms with Gasteiger partial charge in [-0.25, -0.2) is 0 Å². The van der Waals surface area contributed by atoms with Crippen LogP contribution in [-0.2, 0) is 16.8 Å². The number of hydrogen-bond donors (Lipinski definition) is 1. The van der Waals surface area contributed by atoms with E-state index in [1.54, 1.807) is 6.07 Å². The Kier molecular flexibility index (Phi) is 4.29. The third-order valence-electron chi connectivity index (χ3n) is 5.43. The van der Waals surface area contributed by atoms with E-state index < -0.39 is 5.60 Å². The van der Waals surface area contributed by atoms with Crippen LogP contribution in [0.4, 0.5) is 0 Å². The Morgan fingerprint density at radius 3 is 1.85 bits per heavy atom. The van der Waals surface area contributed by atoms with E-state index >= 15 is 0 Å². The van der Waals surface area contributed by atoms with Gasteiger partial charge in [0.15, 0.2) is 0 Å². The summed E-state index contributed by atoms with van der Waals surface area (Å²) >= 11 is 0. The number of rotatable bonds is 6. The van der Waals surface area contributed by atoms with Crippen LogP contribution < -0.4 is 0 Å². The van der Waals surface area contributed by atoms with Crippen LogP contribution in [0.3, 0.4) is 0 Å². The molecule has 1 heterocycles. The Hall–Kier alpha value is -2.58. The molecular formula is C24H24O2. The van der Waals surface area contributed by atoms with E-state index in [0.717, 1.165) is 18.4 Å². The topological polar surface area (TPSA) is 32.8 Å². The molecule has 1 aliphatic rings. The van der Waals surface area contributed by atoms with Crippen LogP contribution in [0.15, 0.2) is 84.9 Å². The van der Waals surface area contributed by atoms with E-state index in [1.807, 2.05) is 30.3 Å². The summed E-state index contributed by atoms with van der Waals surface area (Å²) in [5, 5.41) is 10.3. The van der Waals surface area contributed by atoms with Crippen molar-refractivity contribution in [2.24, 2.45) is 0 Å². The molecule has 4 rings (SSSR count). The normalized spacial score (nSPS) is 20.7. The minimum absolute atomic E-state index is 0.341. The summed E-state index contributed by atoms with van der Waals surface area (Å²) in [6.45, 7) is 2.19. The summed E-state index contributed by atoms with van der Waals surface area (Å²) in [7, 11) is 0. The van der Waals surface area contributed by atoms with Gasteiger partial charge in [0.25, 0.3) is 0 Å². The maximum Gasteiger partial charge on any atom is 0.148 e. The first-order valence-electron chi connectivity index (χ1n) is 9.30. The van der Waals surface area contributed by atoms with Crippen molar-refractivity contribution in [1.29, 1.82) is 0 Å². The molecular weight excluding hydrogens is 320 g/mol. The molecule has 3 aromatic rings. The molecule has 1 N–H and O–H groups in total. The van der Waals surface area contributed by atoms with Gasteiger partial charge in [-0.05, 0) is 29.2 Å². The molecule has 3 aromatic carbocycles. The zero-order valence-electron chi connectivity index (χ0n) is 15.1. The summed E-state index contributed by atoms with van der Waals surface area (Å²) in [5.41, 5.74) is 2.48. The zero-order valence-corrected chi connectivity index (χ0v) is 15.1. The summed E-state index contributed by atoms with van der Waals surface area (Å²) in [5.74, 6) is 0.341. The van der Waals surface area contributed by atoms with Crippen molar-refractivity contribution in [3.05, 3.63) is 102 Å². The van der Waals surface area contributed by atoms with Gasteiger partial charge in [-0.1, -0.05) is 92.2 Å². The van der Waals surface area contributed by atoms with Crippen molar-refractivity contribution in [2.45, 2.75) is 37.4 Å². The van der Waals surface area contributed by atoms with Crippen molar-refractivity contribution < 1.29 is 9.84 Å². The van der Waals surface area contributed by atoms with Gasteiger partial charge in [-0.3, -0.25) is 0 Å². The number of phenols is 1. The molecule has 132 valence electrons. The molecule has 0 amide bonds. The van der Waals surface area contributed by atoms with Crippen LogP contribution >= 0.6 is 0 Å². The predicted octanol–water partition coefficient (Wildman–Crippen LogP) is 5.45. The van der Waals surface area contributed by atoms with Crippen LogP contribution in [0.25, 0.3) is 0 Å². The molecule has 0 saturated carbocycles. The average molecular weight is 344 g/mol. The van der Waals surface area contributed by atoms with Crippen LogP contribution in [-0.4, -0.2) is 10.7 Å². The van der Waals surface area contributed by atoms with Gasteiger partial charge in [0, 0.05) is 6.42 Å². The lowest BCUT2D eigenvalue weighted by atomic mass is 9.75. The minimum Gasteiger partial charge on any atom is -0.508 e. The van der Waals surface area contributed by atoms with E-state index in [2.05, 4.69) is 55.5 Å². The molecule has 1 saturated heterocycles. The first kappa shape index (κ1) is 16.9. The van der Waals surface area contributed by atoms with E-state index in [1.165, 1.54) is 11.1 Å². The fraction of sp³-hybridized carbons (Fsp3) is 0.250. The van der Waals surface area contributed by atoms with Crippen molar-refractivity contribution >= 4 is 0 Å². The second kappa shape index (κ2) is 6.62. The predicted molar refractivity (Wildman–Crippen MR) is 104 cm³/mol. The molecule has 26 heavy (non-hydrogen) atoms. The summed E-state index contributed by atoms with van der Waals surface area (Å²) in [6, 6.07) is 28.5. The fourth-order valence-corrected chi connectivity index (χ4v) is 4.27. The van der Waals surface area contributed by atoms with Crippen molar-refractivity contribution in [1.82, 2.24) is 0 Å². The lowest BCUT2D eigenvalue weighted by Gasteiger charge is -2.22. The average Bonchev–Trinajstić information content (AvgIpc) is 3.34. The van der Waals surface area contributed by atoms with Gasteiger partial charge in [0.05, 0.1) is 0 Å². The molecule has 0 aromatic heterocycles. The third-order valence-corrected chi connectivity index (χ3v) is 5.43. The lowest BCUT2D eigenvalue weighted by molar-refractivity contribution is 0.262. The zero-order chi connectivity index (χ0) is 18.0. The molecule has 2 nitrogen and oxygen atoms in total. The van der Waals surface area contributed by atoms with Gasteiger partial charge in [0.2, 0.25) is 0 Å². The van der Waals surface area contributed by atoms with Crippen LogP contribution in [0.5, 0.6) is 5.75 Å². The number of hydrogen-bond acceptors (Lipinski definition) is 2. The highest BCUT2D eigenvalue weighted by atomic mass is 16.6. The Morgan fingerprint density at radius 2 is 1.31 bits per heavy atom. The molecule has 2 heteroatoms. The third kappa shape index (κ3) is 2.62. The number of phenolic OH excluding ortho intramolecular Hbond substituents is 1. The first-order chi connectivity index (χ1) is 12.7. The smallest absolute Gasteiger partial charge is 0.148 e. The van der Waals surface area contributed by atoms with Crippen LogP contribution in [0, 0.1) is 0 Å². The van der Waals surface area contributed by atoms with Gasteiger partial charge < -0.3 is 9.84 Å². The molecule has 1 aliphatic heterocycles. The van der Waals surface area contributed by atoms with Gasteiger partial charge in [0.1, 0.15) is 17.0 Å². The Morgan fingerprint density at radius 1 is 0.769 bits per heavy atom. The van der Waals surface area contributed by atoms with Gasteiger partial charge in [-0.15, -0.1) is 0 Å². The summed E-state index contributed by atoms with van der Waals surface area (Å²) < 4.78 is 6.65. The quantitative estimate of drug-likeness (QED) is 0.603. The SMILES string of the molecule is CCCC1(Cc2ccccc2O)OC1(c1ccccc1)c1ccccc1. The molecule has 0 spiro atoms. The van der Waals surface area contributed by atoms with Crippen molar-refractivity contribution in [3.63, 3.8) is 0 Å². The Bertz CT molecular complexity index is 833. The molecule has 0 radical (unpaired) electrons. The number of benzene rings is 3. The summed E-state index contributed by atoms with van der Waals surface area (Å²) in [6.07, 6.45) is 2.65. The monoisotopic (exact) mass is 344 g/mol. The van der Waals surface area contributed by atoms with E-state index in [9.17, 15) is 5.11 Å². The lowest BCUT2D eigenvalue weighted by Crippen LogP contribution is -2.28. The molecule has 0 aliphatic carbocycles. The second-order valence-corrected chi connectivity index (χ2v) is 7.07. The summed E-state index contributed by atoms with van der Waals surface area (Å²) in [4.78, 5) is 0. The fourth-order valence-electron chi connectivity index (χ4n) is 4.27. The number of epoxide rings is 1. The van der Waals surface area contributed by atoms with E-state index in [0.29, 0.717) is 12.2 Å². The minimum atomic E-state index is -0.464. The molecule has 0 bridgehead atoms. The Balaban J connectivity index is 1.83. The number of para-hydroxylation sites is 1. The van der Waals surface area contributed by atoms with E-state index in [-0.39, 0.29) is 5.60 Å². The van der Waals surface area contributed by atoms with Crippen molar-refractivity contribution in [2.75, 3.05) is 0 Å². The first-order valence-corrected chi connectivity index (χ1v) is 9.30. The number of ether oxygens (including phenoxy) is 1. The molecule has 1 unspecified atom stereocenters. The standard InChI is InChI=1S/C24H24O2/c1-2-17-23(18-19-11-9-10-16-22(19)25)24(26-23,20-12-5-3-6-13-20)21-14-7-4-8-15-21/h3-16,25H,2,17-18H2,1H3.